The van der Waals surface area contributed by atoms with Gasteiger partial charge in [0.15, 0.2) is 5.69 Å². The molecule has 0 bridgehead atoms. The molecule has 0 aliphatic heterocycles. The van der Waals surface area contributed by atoms with Crippen molar-refractivity contribution in [1.29, 1.82) is 0 Å². The van der Waals surface area contributed by atoms with Crippen molar-refractivity contribution >= 4 is 28.9 Å². The first-order valence-electron chi connectivity index (χ1n) is 9.15. The maximum Gasteiger partial charge on any atom is 0.276 e. The minimum atomic E-state index is -0.514. The third-order valence-electron chi connectivity index (χ3n) is 4.14. The van der Waals surface area contributed by atoms with Crippen LogP contribution in [0.15, 0.2) is 31.1 Å². The van der Waals surface area contributed by atoms with Crippen molar-refractivity contribution in [3.63, 3.8) is 0 Å². The minimum Gasteiger partial charge on any atom is -0.354 e. The van der Waals surface area contributed by atoms with Crippen LogP contribution >= 0.6 is 0 Å². The number of nitrogens with one attached hydrogen (secondary N) is 3. The number of carbonyl (C=O) groups excluding carboxylic acids is 2. The monoisotopic (exact) mass is 409 g/mol. The first-order chi connectivity index (χ1) is 14.2. The van der Waals surface area contributed by atoms with E-state index >= 15 is 0 Å². The highest BCUT2D eigenvalue weighted by Crippen LogP contribution is 2.24. The molecule has 3 aromatic rings. The molecule has 0 spiro atoms. The maximum absolute atomic E-state index is 13.1. The van der Waals surface area contributed by atoms with Crippen LogP contribution in [0.1, 0.15) is 47.6 Å². The van der Waals surface area contributed by atoms with E-state index in [-0.39, 0.29) is 28.4 Å². The molecule has 11 heteroatoms. The van der Waals surface area contributed by atoms with Gasteiger partial charge >= 0.3 is 0 Å². The fraction of sp³-hybridized carbons (Fsp3) is 0.316. The van der Waals surface area contributed by atoms with E-state index in [2.05, 4.69) is 41.0 Å². The number of aryl methyl sites for hydroxylation is 1. The average molecular weight is 409 g/mol. The Morgan fingerprint density at radius 2 is 1.70 bits per heavy atom. The van der Waals surface area contributed by atoms with Gasteiger partial charge < -0.3 is 16.0 Å². The van der Waals surface area contributed by atoms with Gasteiger partial charge in [-0.15, -0.1) is 0 Å². The second kappa shape index (κ2) is 8.23. The van der Waals surface area contributed by atoms with Gasteiger partial charge in [-0.1, -0.05) is 20.8 Å². The molecule has 3 heterocycles. The zero-order valence-electron chi connectivity index (χ0n) is 17.4. The molecule has 0 radical (unpaired) electrons. The Balaban J connectivity index is 2.00. The standard InChI is InChI=1S/C19H23N9O2/c1-19(2,3)18-23-8-12(25-11-6-21-10-22-7-11)14(27-18)16(29)26-13-9-24-28(5)15(13)17(30)20-4/h6-10,25H,1-5H3,(H,20,30)(H,26,29). The van der Waals surface area contributed by atoms with Gasteiger partial charge in [0, 0.05) is 19.5 Å². The Bertz CT molecular complexity index is 1070. The van der Waals surface area contributed by atoms with Crippen LogP contribution in [0.25, 0.3) is 0 Å². The summed E-state index contributed by atoms with van der Waals surface area (Å²) in [5, 5.41) is 12.4. The molecule has 3 rings (SSSR count). The molecular formula is C19H23N9O2. The van der Waals surface area contributed by atoms with Crippen molar-refractivity contribution in [3.05, 3.63) is 48.3 Å². The average Bonchev–Trinajstić information content (AvgIpc) is 3.07. The van der Waals surface area contributed by atoms with Crippen molar-refractivity contribution in [3.8, 4) is 0 Å². The van der Waals surface area contributed by atoms with Crippen LogP contribution in [0.2, 0.25) is 0 Å². The number of rotatable bonds is 5. The summed E-state index contributed by atoms with van der Waals surface area (Å²) in [6.07, 6.45) is 7.49. The Morgan fingerprint density at radius 1 is 1.00 bits per heavy atom. The Hall–Kier alpha value is -3.89. The summed E-state index contributed by atoms with van der Waals surface area (Å²) in [5.41, 5.74) is 1.19. The van der Waals surface area contributed by atoms with Gasteiger partial charge in [0.2, 0.25) is 0 Å². The van der Waals surface area contributed by atoms with Gasteiger partial charge in [0.25, 0.3) is 11.8 Å². The molecule has 0 atom stereocenters. The molecule has 0 aromatic carbocycles. The molecule has 0 aliphatic rings. The predicted octanol–water partition coefficient (Wildman–Crippen LogP) is 1.65. The smallest absolute Gasteiger partial charge is 0.276 e. The van der Waals surface area contributed by atoms with E-state index in [0.29, 0.717) is 17.2 Å². The number of nitrogens with zero attached hydrogens (tertiary/aromatic N) is 6. The van der Waals surface area contributed by atoms with Crippen molar-refractivity contribution in [1.82, 2.24) is 35.0 Å². The highest BCUT2D eigenvalue weighted by atomic mass is 16.2. The first kappa shape index (κ1) is 20.8. The summed E-state index contributed by atoms with van der Waals surface area (Å²) < 4.78 is 1.38. The first-order valence-corrected chi connectivity index (χ1v) is 9.15. The zero-order valence-corrected chi connectivity index (χ0v) is 17.4. The van der Waals surface area contributed by atoms with E-state index in [1.807, 2.05) is 20.8 Å². The van der Waals surface area contributed by atoms with E-state index in [9.17, 15) is 9.59 Å². The summed E-state index contributed by atoms with van der Waals surface area (Å²) in [6, 6.07) is 0. The molecule has 0 fully saturated rings. The molecule has 0 saturated heterocycles. The Morgan fingerprint density at radius 3 is 2.33 bits per heavy atom. The Kier molecular flexibility index (Phi) is 5.72. The largest absolute Gasteiger partial charge is 0.354 e. The lowest BCUT2D eigenvalue weighted by atomic mass is 9.95. The van der Waals surface area contributed by atoms with Crippen molar-refractivity contribution in [2.75, 3.05) is 17.7 Å². The molecule has 3 N–H and O–H groups in total. The number of carbonyl (C=O) groups is 2. The molecule has 156 valence electrons. The quantitative estimate of drug-likeness (QED) is 0.578. The second-order valence-electron chi connectivity index (χ2n) is 7.52. The van der Waals surface area contributed by atoms with Crippen LogP contribution in [0.3, 0.4) is 0 Å². The summed E-state index contributed by atoms with van der Waals surface area (Å²) in [5.74, 6) is -0.385. The molecule has 0 unspecified atom stereocenters. The van der Waals surface area contributed by atoms with E-state index in [1.165, 1.54) is 24.3 Å². The van der Waals surface area contributed by atoms with Gasteiger partial charge in [-0.25, -0.2) is 19.9 Å². The molecular weight excluding hydrogens is 386 g/mol. The van der Waals surface area contributed by atoms with Gasteiger partial charge in [-0.3, -0.25) is 14.3 Å². The number of hydrogen-bond acceptors (Lipinski definition) is 8. The van der Waals surface area contributed by atoms with Crippen LogP contribution in [-0.4, -0.2) is 48.6 Å². The highest BCUT2D eigenvalue weighted by molar-refractivity contribution is 6.10. The third kappa shape index (κ3) is 4.40. The number of hydrogen-bond donors (Lipinski definition) is 3. The van der Waals surface area contributed by atoms with Crippen LogP contribution in [0, 0.1) is 0 Å². The van der Waals surface area contributed by atoms with E-state index < -0.39 is 5.91 Å². The van der Waals surface area contributed by atoms with Gasteiger partial charge in [0.05, 0.1) is 41.8 Å². The molecule has 11 nitrogen and oxygen atoms in total. The van der Waals surface area contributed by atoms with Gasteiger partial charge in [-0.05, 0) is 0 Å². The lowest BCUT2D eigenvalue weighted by Gasteiger charge is -2.19. The molecule has 2 amide bonds. The fourth-order valence-corrected chi connectivity index (χ4v) is 2.63. The van der Waals surface area contributed by atoms with Crippen LogP contribution in [0.5, 0.6) is 0 Å². The lowest BCUT2D eigenvalue weighted by Crippen LogP contribution is -2.25. The van der Waals surface area contributed by atoms with Crippen molar-refractivity contribution < 1.29 is 9.59 Å². The van der Waals surface area contributed by atoms with E-state index in [1.54, 1.807) is 25.6 Å². The van der Waals surface area contributed by atoms with Crippen LogP contribution in [0.4, 0.5) is 17.1 Å². The summed E-state index contributed by atoms with van der Waals surface area (Å²) in [6.45, 7) is 5.85. The van der Waals surface area contributed by atoms with Crippen LogP contribution in [-0.2, 0) is 12.5 Å². The number of anilines is 3. The fourth-order valence-electron chi connectivity index (χ4n) is 2.63. The molecule has 30 heavy (non-hydrogen) atoms. The second-order valence-corrected chi connectivity index (χ2v) is 7.52. The highest BCUT2D eigenvalue weighted by Gasteiger charge is 2.24. The van der Waals surface area contributed by atoms with E-state index in [0.717, 1.165) is 0 Å². The predicted molar refractivity (Wildman–Crippen MR) is 111 cm³/mol. The van der Waals surface area contributed by atoms with Gasteiger partial charge in [0.1, 0.15) is 17.8 Å². The topological polar surface area (TPSA) is 140 Å². The lowest BCUT2D eigenvalue weighted by molar-refractivity contribution is 0.0954. The number of aromatic nitrogens is 6. The maximum atomic E-state index is 13.1. The zero-order chi connectivity index (χ0) is 21.9. The third-order valence-corrected chi connectivity index (χ3v) is 4.14. The Labute approximate surface area is 173 Å². The summed E-state index contributed by atoms with van der Waals surface area (Å²) in [7, 11) is 3.12. The molecule has 3 aromatic heterocycles. The van der Waals surface area contributed by atoms with Gasteiger partial charge in [-0.2, -0.15) is 5.10 Å². The summed E-state index contributed by atoms with van der Waals surface area (Å²) in [4.78, 5) is 42.1. The van der Waals surface area contributed by atoms with Crippen molar-refractivity contribution in [2.45, 2.75) is 26.2 Å². The minimum absolute atomic E-state index is 0.116. The van der Waals surface area contributed by atoms with Crippen molar-refractivity contribution in [2.24, 2.45) is 7.05 Å². The SMILES string of the molecule is CNC(=O)c1c(NC(=O)c2nc(C(C)(C)C)ncc2Nc2cncnc2)cnn1C. The normalized spacial score (nSPS) is 11.1. The van der Waals surface area contributed by atoms with Crippen LogP contribution < -0.4 is 16.0 Å². The molecule has 0 aliphatic carbocycles. The molecule has 0 saturated carbocycles. The summed E-state index contributed by atoms with van der Waals surface area (Å²) >= 11 is 0. The number of amides is 2. The van der Waals surface area contributed by atoms with E-state index in [4.69, 9.17) is 0 Å².